The molecule has 4 nitrogen and oxygen atoms in total. The van der Waals surface area contributed by atoms with Crippen LogP contribution >= 0.6 is 11.6 Å². The summed E-state index contributed by atoms with van der Waals surface area (Å²) in [5.41, 5.74) is 6.87. The third-order valence-electron chi connectivity index (χ3n) is 3.35. The van der Waals surface area contributed by atoms with Gasteiger partial charge in [0.15, 0.2) is 0 Å². The lowest BCUT2D eigenvalue weighted by atomic mass is 10.1. The average molecular weight is 306 g/mol. The maximum absolute atomic E-state index is 12.0. The largest absolute Gasteiger partial charge is 0.330 e. The van der Waals surface area contributed by atoms with Gasteiger partial charge in [-0.1, -0.05) is 24.4 Å². The van der Waals surface area contributed by atoms with Gasteiger partial charge in [0.05, 0.1) is 16.2 Å². The van der Waals surface area contributed by atoms with Gasteiger partial charge in [0.25, 0.3) is 0 Å². The Labute approximate surface area is 129 Å². The van der Waals surface area contributed by atoms with Crippen molar-refractivity contribution in [1.82, 2.24) is 4.98 Å². The Balaban J connectivity index is 1.97. The predicted octanol–water partition coefficient (Wildman–Crippen LogP) is 3.74. The number of halogens is 1. The Bertz CT molecular complexity index is 615. The van der Waals surface area contributed by atoms with E-state index in [4.69, 9.17) is 17.3 Å². The monoisotopic (exact) mass is 305 g/mol. The molecule has 1 aromatic carbocycles. The third kappa shape index (κ3) is 4.41. The van der Waals surface area contributed by atoms with E-state index in [1.807, 2.05) is 12.1 Å². The molecule has 5 heteroatoms. The lowest BCUT2D eigenvalue weighted by Gasteiger charge is -2.09. The van der Waals surface area contributed by atoms with E-state index < -0.39 is 0 Å². The lowest BCUT2D eigenvalue weighted by Crippen LogP contribution is -2.11. The second kappa shape index (κ2) is 7.96. The summed E-state index contributed by atoms with van der Waals surface area (Å²) >= 11 is 6.13. The molecule has 0 saturated carbocycles. The number of rotatable bonds is 7. The van der Waals surface area contributed by atoms with Crippen LogP contribution in [0.3, 0.4) is 0 Å². The molecule has 0 fully saturated rings. The van der Waals surface area contributed by atoms with Crippen molar-refractivity contribution < 1.29 is 4.79 Å². The minimum atomic E-state index is 0.0111. The van der Waals surface area contributed by atoms with Crippen LogP contribution in [0.15, 0.2) is 30.5 Å². The Morgan fingerprint density at radius 2 is 2.00 bits per heavy atom. The number of carbonyl (C=O) groups excluding carboxylic acids is 1. The number of aromatic nitrogens is 1. The molecule has 21 heavy (non-hydrogen) atoms. The highest BCUT2D eigenvalue weighted by Crippen LogP contribution is 2.28. The highest BCUT2D eigenvalue weighted by atomic mass is 35.5. The first-order chi connectivity index (χ1) is 10.2. The van der Waals surface area contributed by atoms with Gasteiger partial charge in [0.2, 0.25) is 5.91 Å². The molecule has 0 aliphatic heterocycles. The van der Waals surface area contributed by atoms with E-state index in [1.54, 1.807) is 18.3 Å². The van der Waals surface area contributed by atoms with Crippen molar-refractivity contribution in [2.75, 3.05) is 11.9 Å². The number of fused-ring (bicyclic) bond motifs is 1. The summed E-state index contributed by atoms with van der Waals surface area (Å²) in [7, 11) is 0. The smallest absolute Gasteiger partial charge is 0.224 e. The molecule has 0 radical (unpaired) electrons. The van der Waals surface area contributed by atoms with Gasteiger partial charge in [-0.3, -0.25) is 9.78 Å². The van der Waals surface area contributed by atoms with Gasteiger partial charge in [-0.2, -0.15) is 0 Å². The first-order valence-electron chi connectivity index (χ1n) is 7.25. The first-order valence-corrected chi connectivity index (χ1v) is 7.63. The summed E-state index contributed by atoms with van der Waals surface area (Å²) in [6, 6.07) is 7.30. The molecular formula is C16H20ClN3O. The molecular weight excluding hydrogens is 286 g/mol. The molecule has 1 amide bonds. The summed E-state index contributed by atoms with van der Waals surface area (Å²) in [6.07, 6.45) is 6.22. The maximum Gasteiger partial charge on any atom is 0.224 e. The van der Waals surface area contributed by atoms with Crippen LogP contribution in [0.2, 0.25) is 5.02 Å². The number of pyridine rings is 1. The molecule has 3 N–H and O–H groups in total. The van der Waals surface area contributed by atoms with Crippen molar-refractivity contribution in [3.05, 3.63) is 35.5 Å². The van der Waals surface area contributed by atoms with Crippen LogP contribution < -0.4 is 11.1 Å². The normalized spacial score (nSPS) is 10.8. The van der Waals surface area contributed by atoms with Crippen molar-refractivity contribution >= 4 is 34.1 Å². The van der Waals surface area contributed by atoms with Crippen LogP contribution in [0.1, 0.15) is 32.1 Å². The number of benzene rings is 1. The van der Waals surface area contributed by atoms with Crippen LogP contribution in [-0.4, -0.2) is 17.4 Å². The van der Waals surface area contributed by atoms with Gasteiger partial charge in [0.1, 0.15) is 0 Å². The first kappa shape index (κ1) is 15.7. The predicted molar refractivity (Wildman–Crippen MR) is 87.5 cm³/mol. The van der Waals surface area contributed by atoms with Gasteiger partial charge in [-0.15, -0.1) is 0 Å². The van der Waals surface area contributed by atoms with Crippen molar-refractivity contribution in [1.29, 1.82) is 0 Å². The fourth-order valence-corrected chi connectivity index (χ4v) is 2.45. The zero-order chi connectivity index (χ0) is 15.1. The topological polar surface area (TPSA) is 68.0 Å². The van der Waals surface area contributed by atoms with Crippen LogP contribution in [-0.2, 0) is 4.79 Å². The number of carbonyl (C=O) groups is 1. The molecule has 0 bridgehead atoms. The summed E-state index contributed by atoms with van der Waals surface area (Å²) in [5.74, 6) is 0.0111. The van der Waals surface area contributed by atoms with Crippen molar-refractivity contribution in [2.45, 2.75) is 32.1 Å². The Morgan fingerprint density at radius 1 is 1.19 bits per heavy atom. The number of nitrogens with zero attached hydrogens (tertiary/aromatic N) is 1. The van der Waals surface area contributed by atoms with Crippen LogP contribution in [0, 0.1) is 0 Å². The minimum Gasteiger partial charge on any atom is -0.330 e. The third-order valence-corrected chi connectivity index (χ3v) is 3.68. The number of nitrogens with two attached hydrogens (primary N) is 1. The van der Waals surface area contributed by atoms with E-state index in [-0.39, 0.29) is 5.91 Å². The van der Waals surface area contributed by atoms with Crippen molar-refractivity contribution in [3.63, 3.8) is 0 Å². The molecule has 0 unspecified atom stereocenters. The highest BCUT2D eigenvalue weighted by molar-refractivity contribution is 6.35. The summed E-state index contributed by atoms with van der Waals surface area (Å²) in [6.45, 7) is 0.717. The molecule has 0 spiro atoms. The standard InChI is InChI=1S/C16H20ClN3O/c17-13-8-9-14(16-12(13)6-5-11-19-16)20-15(21)7-3-1-2-4-10-18/h5-6,8-9,11H,1-4,7,10,18H2,(H,20,21). The molecule has 1 aromatic heterocycles. The fourth-order valence-electron chi connectivity index (χ4n) is 2.23. The fraction of sp³-hybridized carbons (Fsp3) is 0.375. The Morgan fingerprint density at radius 3 is 2.81 bits per heavy atom. The maximum atomic E-state index is 12.0. The molecule has 2 rings (SSSR count). The zero-order valence-corrected chi connectivity index (χ0v) is 12.7. The van der Waals surface area contributed by atoms with E-state index >= 15 is 0 Å². The molecule has 2 aromatic rings. The second-order valence-corrected chi connectivity index (χ2v) is 5.40. The van der Waals surface area contributed by atoms with Crippen LogP contribution in [0.5, 0.6) is 0 Å². The molecule has 1 heterocycles. The van der Waals surface area contributed by atoms with Gasteiger partial charge in [-0.05, 0) is 43.7 Å². The van der Waals surface area contributed by atoms with Gasteiger partial charge < -0.3 is 11.1 Å². The van der Waals surface area contributed by atoms with Crippen LogP contribution in [0.25, 0.3) is 10.9 Å². The summed E-state index contributed by atoms with van der Waals surface area (Å²) in [4.78, 5) is 16.3. The van der Waals surface area contributed by atoms with Gasteiger partial charge >= 0.3 is 0 Å². The number of hydrogen-bond acceptors (Lipinski definition) is 3. The van der Waals surface area contributed by atoms with E-state index in [2.05, 4.69) is 10.3 Å². The van der Waals surface area contributed by atoms with E-state index in [0.29, 0.717) is 23.7 Å². The Kier molecular flexibility index (Phi) is 5.96. The molecule has 0 atom stereocenters. The van der Waals surface area contributed by atoms with Gasteiger partial charge in [-0.25, -0.2) is 0 Å². The SMILES string of the molecule is NCCCCCCC(=O)Nc1ccc(Cl)c2cccnc12. The molecule has 112 valence electrons. The zero-order valence-electron chi connectivity index (χ0n) is 11.9. The van der Waals surface area contributed by atoms with E-state index in [9.17, 15) is 4.79 Å². The number of amides is 1. The number of nitrogens with one attached hydrogen (secondary N) is 1. The van der Waals surface area contributed by atoms with E-state index in [1.165, 1.54) is 0 Å². The quantitative estimate of drug-likeness (QED) is 0.766. The van der Waals surface area contributed by atoms with Gasteiger partial charge in [0, 0.05) is 18.0 Å². The molecule has 0 saturated heterocycles. The minimum absolute atomic E-state index is 0.0111. The second-order valence-electron chi connectivity index (χ2n) is 5.00. The van der Waals surface area contributed by atoms with Crippen LogP contribution in [0.4, 0.5) is 5.69 Å². The summed E-state index contributed by atoms with van der Waals surface area (Å²) < 4.78 is 0. The summed E-state index contributed by atoms with van der Waals surface area (Å²) in [5, 5.41) is 4.40. The number of hydrogen-bond donors (Lipinski definition) is 2. The molecule has 0 aliphatic carbocycles. The van der Waals surface area contributed by atoms with E-state index in [0.717, 1.165) is 36.6 Å². The van der Waals surface area contributed by atoms with Crippen molar-refractivity contribution in [3.8, 4) is 0 Å². The number of anilines is 1. The lowest BCUT2D eigenvalue weighted by molar-refractivity contribution is -0.116. The van der Waals surface area contributed by atoms with Crippen molar-refractivity contribution in [2.24, 2.45) is 5.73 Å². The molecule has 0 aliphatic rings. The Hall–Kier alpha value is -1.65. The highest BCUT2D eigenvalue weighted by Gasteiger charge is 2.08. The number of unbranched alkanes of at least 4 members (excludes halogenated alkanes) is 3. The average Bonchev–Trinajstić information content (AvgIpc) is 2.50.